The van der Waals surface area contributed by atoms with Crippen LogP contribution in [-0.2, 0) is 20.1 Å². The van der Waals surface area contributed by atoms with Crippen molar-refractivity contribution in [3.8, 4) is 33.6 Å². The van der Waals surface area contributed by atoms with E-state index < -0.39 is 6.85 Å². The summed E-state index contributed by atoms with van der Waals surface area (Å²) in [5, 5.41) is 0. The normalized spacial score (nSPS) is 11.6. The van der Waals surface area contributed by atoms with Crippen molar-refractivity contribution < 1.29 is 24.2 Å². The van der Waals surface area contributed by atoms with Crippen molar-refractivity contribution in [2.45, 2.75) is 13.8 Å². The van der Waals surface area contributed by atoms with E-state index in [1.54, 1.807) is 18.2 Å². The third kappa shape index (κ3) is 6.55. The molecule has 165 valence electrons. The molecule has 2 nitrogen and oxygen atoms in total. The van der Waals surface area contributed by atoms with Crippen molar-refractivity contribution >= 4 is 0 Å². The van der Waals surface area contributed by atoms with Crippen LogP contribution in [0.5, 0.6) is 0 Å². The first-order valence-corrected chi connectivity index (χ1v) is 10.3. The monoisotopic (exact) mass is 608 g/mol. The fraction of sp³-hybridized carbons (Fsp3) is 0.0667. The second kappa shape index (κ2) is 12.0. The summed E-state index contributed by atoms with van der Waals surface area (Å²) >= 11 is 0. The smallest absolute Gasteiger partial charge is 0.0280 e. The van der Waals surface area contributed by atoms with Gasteiger partial charge in [0.1, 0.15) is 0 Å². The summed E-state index contributed by atoms with van der Waals surface area (Å²) in [7, 11) is 0. The van der Waals surface area contributed by atoms with E-state index in [9.17, 15) is 0 Å². The van der Waals surface area contributed by atoms with Crippen LogP contribution in [0.1, 0.15) is 15.2 Å². The summed E-state index contributed by atoms with van der Waals surface area (Å²) in [5.41, 5.74) is 7.47. The fourth-order valence-corrected chi connectivity index (χ4v) is 3.26. The zero-order valence-electron chi connectivity index (χ0n) is 21.1. The largest absolute Gasteiger partial charge is 0.304 e. The van der Waals surface area contributed by atoms with Crippen molar-refractivity contribution in [2.24, 2.45) is 0 Å². The average molecular weight is 608 g/mol. The minimum Gasteiger partial charge on any atom is -0.304 e. The SMILES string of the molecule is Cc1cnc(-c2[c-]cccc2)cc1-c1ccccc1.[2H]C([2H])([2H])c1ccc(-c2[c-]cccc2)nc1.[Ir]. The second-order valence-electron chi connectivity index (χ2n) is 7.24. The Morgan fingerprint density at radius 2 is 1.33 bits per heavy atom. The molecule has 0 fully saturated rings. The molecule has 0 aliphatic carbocycles. The number of pyridine rings is 2. The Morgan fingerprint density at radius 1 is 0.697 bits per heavy atom. The van der Waals surface area contributed by atoms with Crippen LogP contribution < -0.4 is 0 Å². The number of aryl methyl sites for hydroxylation is 2. The molecule has 0 atom stereocenters. The summed E-state index contributed by atoms with van der Waals surface area (Å²) in [5.74, 6) is 0. The van der Waals surface area contributed by atoms with Gasteiger partial charge in [0.05, 0.1) is 0 Å². The third-order valence-corrected chi connectivity index (χ3v) is 4.92. The Labute approximate surface area is 214 Å². The minimum atomic E-state index is -2.09. The predicted octanol–water partition coefficient (Wildman–Crippen LogP) is 7.38. The zero-order valence-corrected chi connectivity index (χ0v) is 20.5. The van der Waals surface area contributed by atoms with E-state index >= 15 is 0 Å². The van der Waals surface area contributed by atoms with Gasteiger partial charge in [-0.2, -0.15) is 0 Å². The molecule has 3 heteroatoms. The van der Waals surface area contributed by atoms with Crippen LogP contribution in [-0.4, -0.2) is 9.97 Å². The first-order valence-electron chi connectivity index (χ1n) is 11.8. The van der Waals surface area contributed by atoms with Crippen LogP contribution in [0.2, 0.25) is 0 Å². The fourth-order valence-electron chi connectivity index (χ4n) is 3.26. The van der Waals surface area contributed by atoms with Gasteiger partial charge in [0, 0.05) is 36.6 Å². The Balaban J connectivity index is 0.000000198. The van der Waals surface area contributed by atoms with E-state index in [0.717, 1.165) is 22.5 Å². The van der Waals surface area contributed by atoms with Gasteiger partial charge in [0.15, 0.2) is 0 Å². The quantitative estimate of drug-likeness (QED) is 0.200. The van der Waals surface area contributed by atoms with Crippen molar-refractivity contribution in [2.75, 3.05) is 0 Å². The molecule has 0 aliphatic heterocycles. The number of aromatic nitrogens is 2. The number of nitrogens with zero attached hydrogens (tertiary/aromatic N) is 2. The van der Waals surface area contributed by atoms with Gasteiger partial charge < -0.3 is 9.97 Å². The summed E-state index contributed by atoms with van der Waals surface area (Å²) in [6.07, 6.45) is 3.32. The predicted molar refractivity (Wildman–Crippen MR) is 132 cm³/mol. The molecule has 0 unspecified atom stereocenters. The maximum atomic E-state index is 7.23. The molecule has 5 aromatic rings. The summed E-state index contributed by atoms with van der Waals surface area (Å²) in [4.78, 5) is 8.63. The summed E-state index contributed by atoms with van der Waals surface area (Å²) in [6.45, 7) is -0.000245. The number of benzene rings is 3. The molecule has 0 bridgehead atoms. The molecule has 5 rings (SSSR count). The Bertz CT molecular complexity index is 1360. The molecule has 0 amide bonds. The number of rotatable bonds is 3. The molecule has 0 saturated heterocycles. The molecule has 1 radical (unpaired) electrons. The zero-order chi connectivity index (χ0) is 24.7. The van der Waals surface area contributed by atoms with Gasteiger partial charge >= 0.3 is 0 Å². The van der Waals surface area contributed by atoms with Gasteiger partial charge in [-0.05, 0) is 47.4 Å². The molecular weight excluding hydrogens is 581 g/mol. The third-order valence-electron chi connectivity index (χ3n) is 4.92. The number of hydrogen-bond acceptors (Lipinski definition) is 2. The maximum Gasteiger partial charge on any atom is 0.0280 e. The van der Waals surface area contributed by atoms with Crippen molar-refractivity contribution in [3.05, 3.63) is 133 Å². The molecule has 33 heavy (non-hydrogen) atoms. The second-order valence-corrected chi connectivity index (χ2v) is 7.24. The van der Waals surface area contributed by atoms with E-state index in [0.29, 0.717) is 0 Å². The molecule has 0 aliphatic rings. The van der Waals surface area contributed by atoms with Gasteiger partial charge in [-0.25, -0.2) is 0 Å². The van der Waals surface area contributed by atoms with E-state index in [2.05, 4.69) is 59.4 Å². The molecule has 2 heterocycles. The van der Waals surface area contributed by atoms with Crippen LogP contribution in [0.25, 0.3) is 33.6 Å². The van der Waals surface area contributed by atoms with Gasteiger partial charge in [-0.15, -0.1) is 71.8 Å². The average Bonchev–Trinajstić information content (AvgIpc) is 2.90. The van der Waals surface area contributed by atoms with Crippen molar-refractivity contribution in [1.82, 2.24) is 9.97 Å². The van der Waals surface area contributed by atoms with E-state index in [1.165, 1.54) is 22.9 Å². The first-order chi connectivity index (χ1) is 16.9. The molecule has 2 aromatic heterocycles. The van der Waals surface area contributed by atoms with Gasteiger partial charge in [-0.1, -0.05) is 48.5 Å². The topological polar surface area (TPSA) is 25.8 Å². The molecular formula is C30H24IrN2-2. The Morgan fingerprint density at radius 3 is 1.91 bits per heavy atom. The summed E-state index contributed by atoms with van der Waals surface area (Å²) < 4.78 is 21.7. The van der Waals surface area contributed by atoms with Crippen molar-refractivity contribution in [3.63, 3.8) is 0 Å². The first kappa shape index (κ1) is 20.2. The van der Waals surface area contributed by atoms with Gasteiger partial charge in [0.2, 0.25) is 0 Å². The number of hydrogen-bond donors (Lipinski definition) is 0. The van der Waals surface area contributed by atoms with Crippen molar-refractivity contribution in [1.29, 1.82) is 0 Å². The van der Waals surface area contributed by atoms with Gasteiger partial charge in [0.25, 0.3) is 0 Å². The van der Waals surface area contributed by atoms with E-state index in [1.807, 2.05) is 54.7 Å². The molecule has 0 N–H and O–H groups in total. The van der Waals surface area contributed by atoms with Gasteiger partial charge in [-0.3, -0.25) is 0 Å². The summed E-state index contributed by atoms with van der Waals surface area (Å²) in [6, 6.07) is 37.5. The molecule has 0 saturated carbocycles. The minimum absolute atomic E-state index is 0. The van der Waals surface area contributed by atoms with Crippen LogP contribution in [0.4, 0.5) is 0 Å². The maximum absolute atomic E-state index is 7.23. The Kier molecular flexibility index (Phi) is 7.36. The van der Waals surface area contributed by atoms with E-state index in [-0.39, 0.29) is 25.7 Å². The van der Waals surface area contributed by atoms with Crippen LogP contribution in [0.15, 0.2) is 109 Å². The standard InChI is InChI=1S/C18H14N.C12H10N.Ir/c1-14-13-19-18(16-10-6-3-7-11-16)12-17(14)15-8-4-2-5-9-15;1-10-7-8-12(13-9-10)11-5-3-2-4-6-11;/h2-10,12-13H,1H3;2-5,7-9H,1H3;/q2*-1;/i;1D3;. The van der Waals surface area contributed by atoms with Crippen LogP contribution >= 0.6 is 0 Å². The van der Waals surface area contributed by atoms with Crippen LogP contribution in [0, 0.1) is 25.9 Å². The Hall–Kier alpha value is -3.39. The van der Waals surface area contributed by atoms with Crippen LogP contribution in [0.3, 0.4) is 0 Å². The van der Waals surface area contributed by atoms with E-state index in [4.69, 9.17) is 4.11 Å². The molecule has 0 spiro atoms. The molecule has 3 aromatic carbocycles.